The summed E-state index contributed by atoms with van der Waals surface area (Å²) in [6.45, 7) is 2.02. The SMILES string of the molecule is Cc1cccc(CC(N)c2ccc(Br)c(Cl)c2F)c1. The topological polar surface area (TPSA) is 26.0 Å². The van der Waals surface area contributed by atoms with Crippen molar-refractivity contribution < 1.29 is 4.39 Å². The van der Waals surface area contributed by atoms with Crippen LogP contribution in [0.2, 0.25) is 5.02 Å². The minimum absolute atomic E-state index is 0.0807. The highest BCUT2D eigenvalue weighted by molar-refractivity contribution is 9.10. The average molecular weight is 343 g/mol. The molecule has 0 aromatic heterocycles. The second-order valence-corrected chi connectivity index (χ2v) is 5.80. The van der Waals surface area contributed by atoms with Crippen LogP contribution in [0.4, 0.5) is 4.39 Å². The lowest BCUT2D eigenvalue weighted by Crippen LogP contribution is -2.15. The van der Waals surface area contributed by atoms with E-state index in [9.17, 15) is 4.39 Å². The molecule has 0 fully saturated rings. The van der Waals surface area contributed by atoms with Crippen molar-refractivity contribution in [3.05, 3.63) is 68.4 Å². The number of hydrogen-bond donors (Lipinski definition) is 1. The number of nitrogens with two attached hydrogens (primary N) is 1. The monoisotopic (exact) mass is 341 g/mol. The van der Waals surface area contributed by atoms with E-state index in [0.717, 1.165) is 5.56 Å². The molecule has 0 heterocycles. The Bertz CT molecular complexity index is 601. The van der Waals surface area contributed by atoms with Crippen molar-refractivity contribution >= 4 is 27.5 Å². The molecule has 0 saturated carbocycles. The Balaban J connectivity index is 2.25. The first-order valence-corrected chi connectivity index (χ1v) is 7.10. The molecule has 0 spiro atoms. The van der Waals surface area contributed by atoms with Gasteiger partial charge in [-0.05, 0) is 40.9 Å². The molecule has 2 rings (SSSR count). The predicted molar refractivity (Wildman–Crippen MR) is 80.9 cm³/mol. The molecule has 0 bridgehead atoms. The highest BCUT2D eigenvalue weighted by atomic mass is 79.9. The molecule has 0 radical (unpaired) electrons. The normalized spacial score (nSPS) is 12.5. The summed E-state index contributed by atoms with van der Waals surface area (Å²) >= 11 is 9.07. The quantitative estimate of drug-likeness (QED) is 0.797. The van der Waals surface area contributed by atoms with Gasteiger partial charge in [0.15, 0.2) is 0 Å². The Morgan fingerprint density at radius 1 is 1.32 bits per heavy atom. The Kier molecular flexibility index (Phi) is 4.61. The minimum Gasteiger partial charge on any atom is -0.324 e. The summed E-state index contributed by atoms with van der Waals surface area (Å²) in [5.74, 6) is -0.448. The lowest BCUT2D eigenvalue weighted by Gasteiger charge is -2.14. The summed E-state index contributed by atoms with van der Waals surface area (Å²) in [5.41, 5.74) is 8.78. The molecule has 2 aromatic rings. The van der Waals surface area contributed by atoms with E-state index in [0.29, 0.717) is 16.5 Å². The lowest BCUT2D eigenvalue weighted by atomic mass is 9.98. The fourth-order valence-electron chi connectivity index (χ4n) is 2.03. The molecule has 1 nitrogen and oxygen atoms in total. The van der Waals surface area contributed by atoms with Crippen molar-refractivity contribution in [2.45, 2.75) is 19.4 Å². The van der Waals surface area contributed by atoms with Crippen molar-refractivity contribution in [1.82, 2.24) is 0 Å². The zero-order valence-electron chi connectivity index (χ0n) is 10.5. The maximum absolute atomic E-state index is 14.1. The number of aryl methyl sites for hydroxylation is 1. The van der Waals surface area contributed by atoms with Crippen LogP contribution in [0.3, 0.4) is 0 Å². The summed E-state index contributed by atoms with van der Waals surface area (Å²) < 4.78 is 14.6. The van der Waals surface area contributed by atoms with Crippen LogP contribution < -0.4 is 5.73 Å². The van der Waals surface area contributed by atoms with Gasteiger partial charge in [-0.3, -0.25) is 0 Å². The van der Waals surface area contributed by atoms with Gasteiger partial charge in [0.1, 0.15) is 5.82 Å². The Labute approximate surface area is 125 Å². The summed E-state index contributed by atoms with van der Waals surface area (Å²) in [5, 5.41) is 0.0807. The van der Waals surface area contributed by atoms with Gasteiger partial charge in [-0.1, -0.05) is 47.5 Å². The van der Waals surface area contributed by atoms with Gasteiger partial charge in [0.2, 0.25) is 0 Å². The fraction of sp³-hybridized carbons (Fsp3) is 0.200. The maximum atomic E-state index is 14.1. The zero-order valence-corrected chi connectivity index (χ0v) is 12.8. The minimum atomic E-state index is -0.448. The molecular weight excluding hydrogens is 329 g/mol. The molecule has 0 aliphatic carbocycles. The molecule has 0 saturated heterocycles. The fourth-order valence-corrected chi connectivity index (χ4v) is 2.51. The third-order valence-corrected chi connectivity index (χ3v) is 4.26. The molecule has 0 aliphatic rings. The van der Waals surface area contributed by atoms with E-state index in [1.165, 1.54) is 5.56 Å². The molecular formula is C15H14BrClFN. The van der Waals surface area contributed by atoms with E-state index < -0.39 is 11.9 Å². The molecule has 19 heavy (non-hydrogen) atoms. The number of benzene rings is 2. The van der Waals surface area contributed by atoms with Gasteiger partial charge >= 0.3 is 0 Å². The molecule has 1 atom stereocenters. The van der Waals surface area contributed by atoms with E-state index in [2.05, 4.69) is 22.0 Å². The molecule has 2 aromatic carbocycles. The van der Waals surface area contributed by atoms with Gasteiger partial charge in [-0.2, -0.15) is 0 Å². The average Bonchev–Trinajstić information content (AvgIpc) is 2.36. The summed E-state index contributed by atoms with van der Waals surface area (Å²) in [4.78, 5) is 0. The molecule has 2 N–H and O–H groups in total. The molecule has 1 unspecified atom stereocenters. The van der Waals surface area contributed by atoms with E-state index in [1.54, 1.807) is 12.1 Å². The van der Waals surface area contributed by atoms with E-state index in [-0.39, 0.29) is 5.02 Å². The van der Waals surface area contributed by atoms with Crippen LogP contribution in [-0.2, 0) is 6.42 Å². The van der Waals surface area contributed by atoms with Crippen molar-refractivity contribution in [2.24, 2.45) is 5.73 Å². The first kappa shape index (κ1) is 14.5. The van der Waals surface area contributed by atoms with Crippen molar-refractivity contribution in [1.29, 1.82) is 0 Å². The first-order valence-electron chi connectivity index (χ1n) is 5.93. The predicted octanol–water partition coefficient (Wildman–Crippen LogP) is 4.79. The van der Waals surface area contributed by atoms with Crippen molar-refractivity contribution in [3.63, 3.8) is 0 Å². The second-order valence-electron chi connectivity index (χ2n) is 4.56. The third-order valence-electron chi connectivity index (χ3n) is 3.00. The van der Waals surface area contributed by atoms with Gasteiger partial charge in [0.05, 0.1) is 5.02 Å². The van der Waals surface area contributed by atoms with Crippen LogP contribution in [0.5, 0.6) is 0 Å². The zero-order chi connectivity index (χ0) is 14.0. The van der Waals surface area contributed by atoms with Crippen LogP contribution in [0, 0.1) is 12.7 Å². The maximum Gasteiger partial charge on any atom is 0.147 e. The highest BCUT2D eigenvalue weighted by Crippen LogP contribution is 2.30. The molecule has 0 aliphatic heterocycles. The molecule has 0 amide bonds. The smallest absolute Gasteiger partial charge is 0.147 e. The largest absolute Gasteiger partial charge is 0.324 e. The number of hydrogen-bond acceptors (Lipinski definition) is 1. The van der Waals surface area contributed by atoms with Crippen molar-refractivity contribution in [3.8, 4) is 0 Å². The Morgan fingerprint density at radius 3 is 2.74 bits per heavy atom. The Hall–Kier alpha value is -0.900. The van der Waals surface area contributed by atoms with Gasteiger partial charge < -0.3 is 5.73 Å². The number of rotatable bonds is 3. The van der Waals surface area contributed by atoms with Crippen LogP contribution >= 0.6 is 27.5 Å². The summed E-state index contributed by atoms with van der Waals surface area (Å²) in [6.07, 6.45) is 0.580. The van der Waals surface area contributed by atoms with Crippen LogP contribution in [0.1, 0.15) is 22.7 Å². The second kappa shape index (κ2) is 6.04. The van der Waals surface area contributed by atoms with Crippen LogP contribution in [0.15, 0.2) is 40.9 Å². The van der Waals surface area contributed by atoms with Crippen LogP contribution in [-0.4, -0.2) is 0 Å². The molecule has 100 valence electrons. The third kappa shape index (κ3) is 3.35. The van der Waals surface area contributed by atoms with Gasteiger partial charge in [0, 0.05) is 16.1 Å². The summed E-state index contributed by atoms with van der Waals surface area (Å²) in [6, 6.07) is 11.0. The lowest BCUT2D eigenvalue weighted by molar-refractivity contribution is 0.580. The van der Waals surface area contributed by atoms with Crippen molar-refractivity contribution in [2.75, 3.05) is 0 Å². The van der Waals surface area contributed by atoms with E-state index >= 15 is 0 Å². The highest BCUT2D eigenvalue weighted by Gasteiger charge is 2.16. The van der Waals surface area contributed by atoms with Gasteiger partial charge in [-0.15, -0.1) is 0 Å². The molecule has 4 heteroatoms. The van der Waals surface area contributed by atoms with E-state index in [1.807, 2.05) is 25.1 Å². The first-order chi connectivity index (χ1) is 8.99. The number of halogens is 3. The van der Waals surface area contributed by atoms with Gasteiger partial charge in [-0.25, -0.2) is 4.39 Å². The van der Waals surface area contributed by atoms with Gasteiger partial charge in [0.25, 0.3) is 0 Å². The standard InChI is InChI=1S/C15H14BrClFN/c1-9-3-2-4-10(7-9)8-13(19)11-5-6-12(16)14(17)15(11)18/h2-7,13H,8,19H2,1H3. The summed E-state index contributed by atoms with van der Waals surface area (Å²) in [7, 11) is 0. The Morgan fingerprint density at radius 2 is 2.05 bits per heavy atom. The van der Waals surface area contributed by atoms with E-state index in [4.69, 9.17) is 17.3 Å². The van der Waals surface area contributed by atoms with Crippen LogP contribution in [0.25, 0.3) is 0 Å².